The van der Waals surface area contributed by atoms with Crippen LogP contribution in [0.2, 0.25) is 0 Å². The van der Waals surface area contributed by atoms with Crippen LogP contribution < -0.4 is 0 Å². The molecule has 3 rings (SSSR count). The fraction of sp³-hybridized carbons (Fsp3) is 0.600. The number of aromatic nitrogens is 3. The number of likely N-dealkylation sites (tertiary alicyclic amines) is 1. The first-order valence-electron chi connectivity index (χ1n) is 7.74. The van der Waals surface area contributed by atoms with E-state index in [0.717, 1.165) is 12.8 Å². The van der Waals surface area contributed by atoms with Crippen LogP contribution in [0.5, 0.6) is 0 Å². The molecule has 0 bridgehead atoms. The number of hydrogen-bond donors (Lipinski definition) is 0. The molecule has 1 fully saturated rings. The third-order valence-electron chi connectivity index (χ3n) is 3.75. The second-order valence-corrected chi connectivity index (χ2v) is 5.62. The Bertz CT molecular complexity index is 666. The van der Waals surface area contributed by atoms with Crippen LogP contribution in [0.1, 0.15) is 40.9 Å². The molecule has 1 saturated heterocycles. The van der Waals surface area contributed by atoms with E-state index in [2.05, 4.69) is 15.1 Å². The minimum Gasteiger partial charge on any atom is -0.448 e. The van der Waals surface area contributed by atoms with Crippen molar-refractivity contribution in [3.63, 3.8) is 0 Å². The summed E-state index contributed by atoms with van der Waals surface area (Å²) in [5.41, 5.74) is 0.352. The van der Waals surface area contributed by atoms with Crippen LogP contribution >= 0.6 is 0 Å². The molecule has 0 spiro atoms. The standard InChI is InChI=1S/C15H20N4O4/c1-10-16-13(9-22-10)15(20)19-6-3-4-12(8-19)21-7-5-14-17-11(2)23-18-14/h9,12H,3-8H2,1-2H3. The number of nitrogens with zero attached hydrogens (tertiary/aromatic N) is 4. The largest absolute Gasteiger partial charge is 0.448 e. The van der Waals surface area contributed by atoms with Crippen LogP contribution in [-0.2, 0) is 11.2 Å². The van der Waals surface area contributed by atoms with Crippen LogP contribution in [0.25, 0.3) is 0 Å². The minimum absolute atomic E-state index is 0.0219. The number of aryl methyl sites for hydroxylation is 2. The summed E-state index contributed by atoms with van der Waals surface area (Å²) < 4.78 is 15.9. The molecule has 0 saturated carbocycles. The van der Waals surface area contributed by atoms with E-state index >= 15 is 0 Å². The predicted molar refractivity (Wildman–Crippen MR) is 78.9 cm³/mol. The zero-order valence-corrected chi connectivity index (χ0v) is 13.3. The SMILES string of the molecule is Cc1nc(C(=O)N2CCCC(OCCc3noc(C)n3)C2)co1. The predicted octanol–water partition coefficient (Wildman–Crippen LogP) is 1.54. The molecule has 1 amide bonds. The van der Waals surface area contributed by atoms with Gasteiger partial charge in [0.1, 0.15) is 6.26 Å². The second-order valence-electron chi connectivity index (χ2n) is 5.62. The van der Waals surface area contributed by atoms with Crippen molar-refractivity contribution in [2.24, 2.45) is 0 Å². The van der Waals surface area contributed by atoms with Gasteiger partial charge in [-0.2, -0.15) is 4.98 Å². The third-order valence-corrected chi connectivity index (χ3v) is 3.75. The van der Waals surface area contributed by atoms with Crippen molar-refractivity contribution in [3.05, 3.63) is 29.6 Å². The number of amides is 1. The van der Waals surface area contributed by atoms with Gasteiger partial charge in [0.2, 0.25) is 5.89 Å². The van der Waals surface area contributed by atoms with Gasteiger partial charge in [0.05, 0.1) is 12.7 Å². The van der Waals surface area contributed by atoms with Crippen LogP contribution in [-0.4, -0.2) is 51.7 Å². The number of oxazole rings is 1. The molecule has 124 valence electrons. The Kier molecular flexibility index (Phi) is 4.71. The summed E-state index contributed by atoms with van der Waals surface area (Å²) in [7, 11) is 0. The van der Waals surface area contributed by atoms with Gasteiger partial charge in [0.25, 0.3) is 5.91 Å². The lowest BCUT2D eigenvalue weighted by Gasteiger charge is -2.32. The average molecular weight is 320 g/mol. The minimum atomic E-state index is -0.107. The molecule has 3 heterocycles. The van der Waals surface area contributed by atoms with Gasteiger partial charge in [-0.15, -0.1) is 0 Å². The number of ether oxygens (including phenoxy) is 1. The summed E-state index contributed by atoms with van der Waals surface area (Å²) in [5, 5.41) is 3.83. The van der Waals surface area contributed by atoms with E-state index in [-0.39, 0.29) is 12.0 Å². The van der Waals surface area contributed by atoms with Crippen molar-refractivity contribution < 1.29 is 18.5 Å². The Morgan fingerprint density at radius 2 is 2.26 bits per heavy atom. The Morgan fingerprint density at radius 1 is 1.39 bits per heavy atom. The molecule has 1 aliphatic heterocycles. The summed E-state index contributed by atoms with van der Waals surface area (Å²) in [6, 6.07) is 0. The van der Waals surface area contributed by atoms with Crippen molar-refractivity contribution in [1.82, 2.24) is 20.0 Å². The highest BCUT2D eigenvalue weighted by atomic mass is 16.5. The highest BCUT2D eigenvalue weighted by Crippen LogP contribution is 2.16. The maximum absolute atomic E-state index is 12.4. The fourth-order valence-electron chi connectivity index (χ4n) is 2.64. The Morgan fingerprint density at radius 3 is 2.96 bits per heavy atom. The third kappa shape index (κ3) is 3.95. The van der Waals surface area contributed by atoms with Crippen LogP contribution in [0, 0.1) is 13.8 Å². The maximum Gasteiger partial charge on any atom is 0.275 e. The Labute approximate surface area is 133 Å². The summed E-state index contributed by atoms with van der Waals surface area (Å²) in [4.78, 5) is 22.4. The molecule has 2 aromatic heterocycles. The fourth-order valence-corrected chi connectivity index (χ4v) is 2.64. The Balaban J connectivity index is 1.49. The molecule has 0 radical (unpaired) electrons. The lowest BCUT2D eigenvalue weighted by atomic mass is 10.1. The van der Waals surface area contributed by atoms with Gasteiger partial charge in [-0.05, 0) is 12.8 Å². The van der Waals surface area contributed by atoms with E-state index in [1.807, 2.05) is 0 Å². The molecule has 23 heavy (non-hydrogen) atoms. The lowest BCUT2D eigenvalue weighted by Crippen LogP contribution is -2.43. The van der Waals surface area contributed by atoms with Crippen LogP contribution in [0.15, 0.2) is 15.2 Å². The first-order valence-corrected chi connectivity index (χ1v) is 7.74. The van der Waals surface area contributed by atoms with Gasteiger partial charge in [-0.3, -0.25) is 4.79 Å². The number of piperidine rings is 1. The topological polar surface area (TPSA) is 94.5 Å². The molecular weight excluding hydrogens is 300 g/mol. The van der Waals surface area contributed by atoms with Crippen molar-refractivity contribution in [2.45, 2.75) is 39.2 Å². The first-order chi connectivity index (χ1) is 11.1. The van der Waals surface area contributed by atoms with Crippen molar-refractivity contribution in [2.75, 3.05) is 19.7 Å². The summed E-state index contributed by atoms with van der Waals surface area (Å²) in [5.74, 6) is 1.58. The van der Waals surface area contributed by atoms with Crippen LogP contribution in [0.4, 0.5) is 0 Å². The number of rotatable bonds is 5. The van der Waals surface area contributed by atoms with E-state index in [9.17, 15) is 4.79 Å². The van der Waals surface area contributed by atoms with Crippen molar-refractivity contribution in [1.29, 1.82) is 0 Å². The van der Waals surface area contributed by atoms with Gasteiger partial charge >= 0.3 is 0 Å². The molecule has 8 heteroatoms. The maximum atomic E-state index is 12.4. The van der Waals surface area contributed by atoms with E-state index in [4.69, 9.17) is 13.7 Å². The number of carbonyl (C=O) groups is 1. The molecule has 0 aliphatic carbocycles. The average Bonchev–Trinajstić information content (AvgIpc) is 3.15. The lowest BCUT2D eigenvalue weighted by molar-refractivity contribution is 0.00232. The zero-order valence-electron chi connectivity index (χ0n) is 13.3. The van der Waals surface area contributed by atoms with Gasteiger partial charge < -0.3 is 18.6 Å². The molecule has 0 aromatic carbocycles. The van der Waals surface area contributed by atoms with Crippen molar-refractivity contribution in [3.8, 4) is 0 Å². The molecule has 2 aromatic rings. The second kappa shape index (κ2) is 6.91. The molecule has 1 atom stereocenters. The van der Waals surface area contributed by atoms with E-state index in [1.165, 1.54) is 6.26 Å². The van der Waals surface area contributed by atoms with Gasteiger partial charge in [-0.25, -0.2) is 4.98 Å². The monoisotopic (exact) mass is 320 g/mol. The molecular formula is C15H20N4O4. The molecule has 1 unspecified atom stereocenters. The van der Waals surface area contributed by atoms with Crippen LogP contribution in [0.3, 0.4) is 0 Å². The smallest absolute Gasteiger partial charge is 0.275 e. The number of hydrogen-bond acceptors (Lipinski definition) is 7. The van der Waals surface area contributed by atoms with Gasteiger partial charge in [0, 0.05) is 33.4 Å². The molecule has 0 N–H and O–H groups in total. The van der Waals surface area contributed by atoms with Gasteiger partial charge in [-0.1, -0.05) is 5.16 Å². The molecule has 1 aliphatic rings. The Hall–Kier alpha value is -2.22. The normalized spacial score (nSPS) is 18.3. The summed E-state index contributed by atoms with van der Waals surface area (Å²) in [6.45, 7) is 5.27. The zero-order chi connectivity index (χ0) is 16.2. The quantitative estimate of drug-likeness (QED) is 0.824. The summed E-state index contributed by atoms with van der Waals surface area (Å²) >= 11 is 0. The van der Waals surface area contributed by atoms with E-state index in [0.29, 0.717) is 49.4 Å². The van der Waals surface area contributed by atoms with Crippen molar-refractivity contribution >= 4 is 5.91 Å². The highest BCUT2D eigenvalue weighted by Gasteiger charge is 2.26. The van der Waals surface area contributed by atoms with E-state index in [1.54, 1.807) is 18.7 Å². The molecule has 8 nitrogen and oxygen atoms in total. The highest BCUT2D eigenvalue weighted by molar-refractivity contribution is 5.92. The first kappa shape index (κ1) is 15.7. The van der Waals surface area contributed by atoms with Gasteiger partial charge in [0.15, 0.2) is 17.4 Å². The van der Waals surface area contributed by atoms with E-state index < -0.39 is 0 Å². The summed E-state index contributed by atoms with van der Waals surface area (Å²) in [6.07, 6.45) is 3.88. The number of carbonyl (C=O) groups excluding carboxylic acids is 1.